The number of nitro groups is 1. The van der Waals surface area contributed by atoms with E-state index in [0.29, 0.717) is 6.54 Å². The van der Waals surface area contributed by atoms with Crippen molar-refractivity contribution in [3.63, 3.8) is 0 Å². The van der Waals surface area contributed by atoms with Crippen molar-refractivity contribution >= 4 is 17.7 Å². The Morgan fingerprint density at radius 3 is 2.41 bits per heavy atom. The molecule has 120 valence electrons. The van der Waals surface area contributed by atoms with E-state index in [1.54, 1.807) is 0 Å². The molecule has 2 N–H and O–H groups in total. The van der Waals surface area contributed by atoms with Crippen molar-refractivity contribution in [2.45, 2.75) is 26.2 Å². The molecule has 0 unspecified atom stereocenters. The summed E-state index contributed by atoms with van der Waals surface area (Å²) in [6.45, 7) is 2.77. The number of hydrogen-bond acceptors (Lipinski definition) is 5. The second-order valence-electron chi connectivity index (χ2n) is 4.51. The van der Waals surface area contributed by atoms with Gasteiger partial charge in [-0.05, 0) is 18.6 Å². The minimum Gasteiger partial charge on any atom is -0.426 e. The molecule has 1 aromatic carbocycles. The molecule has 0 atom stereocenters. The smallest absolute Gasteiger partial charge is 0.314 e. The largest absolute Gasteiger partial charge is 0.426 e. The van der Waals surface area contributed by atoms with Crippen LogP contribution in [-0.2, 0) is 4.79 Å². The summed E-state index contributed by atoms with van der Waals surface area (Å²) in [6, 6.07) is 4.88. The van der Waals surface area contributed by atoms with Crippen molar-refractivity contribution in [3.05, 3.63) is 34.4 Å². The van der Waals surface area contributed by atoms with Gasteiger partial charge in [0.1, 0.15) is 5.75 Å². The summed E-state index contributed by atoms with van der Waals surface area (Å²) >= 11 is 0. The third-order valence-electron chi connectivity index (χ3n) is 2.71. The summed E-state index contributed by atoms with van der Waals surface area (Å²) in [4.78, 5) is 32.8. The first-order chi connectivity index (χ1) is 10.5. The number of unbranched alkanes of at least 4 members (excludes halogenated alkanes) is 1. The fourth-order valence-corrected chi connectivity index (χ4v) is 1.54. The highest BCUT2D eigenvalue weighted by Gasteiger charge is 2.08. The molecule has 0 spiro atoms. The molecule has 8 heteroatoms. The van der Waals surface area contributed by atoms with E-state index in [4.69, 9.17) is 4.74 Å². The topological polar surface area (TPSA) is 111 Å². The number of esters is 1. The van der Waals surface area contributed by atoms with Crippen LogP contribution in [0.4, 0.5) is 10.5 Å². The highest BCUT2D eigenvalue weighted by molar-refractivity contribution is 5.76. The molecular weight excluding hydrogens is 290 g/mol. The number of amides is 2. The number of rotatable bonds is 8. The molecule has 0 aliphatic carbocycles. The molecule has 0 heterocycles. The summed E-state index contributed by atoms with van der Waals surface area (Å²) < 4.78 is 5.00. The number of hydrogen-bond donors (Lipinski definition) is 2. The lowest BCUT2D eigenvalue weighted by molar-refractivity contribution is -0.384. The maximum absolute atomic E-state index is 11.5. The van der Waals surface area contributed by atoms with Crippen molar-refractivity contribution in [1.82, 2.24) is 10.6 Å². The highest BCUT2D eigenvalue weighted by Crippen LogP contribution is 2.17. The Morgan fingerprint density at radius 1 is 1.18 bits per heavy atom. The fraction of sp³-hybridized carbons (Fsp3) is 0.429. The number of urea groups is 1. The van der Waals surface area contributed by atoms with E-state index in [-0.39, 0.29) is 30.4 Å². The van der Waals surface area contributed by atoms with Gasteiger partial charge >= 0.3 is 12.0 Å². The SMILES string of the molecule is CCCCNC(=O)NCCC(=O)Oc1ccc([N+](=O)[O-])cc1. The monoisotopic (exact) mass is 309 g/mol. The van der Waals surface area contributed by atoms with Crippen LogP contribution in [0.3, 0.4) is 0 Å². The van der Waals surface area contributed by atoms with Crippen LogP contribution in [-0.4, -0.2) is 30.0 Å². The van der Waals surface area contributed by atoms with Crippen molar-refractivity contribution in [3.8, 4) is 5.75 Å². The number of nitrogens with zero attached hydrogens (tertiary/aromatic N) is 1. The van der Waals surface area contributed by atoms with E-state index in [1.807, 2.05) is 6.92 Å². The molecule has 0 saturated carbocycles. The summed E-state index contributed by atoms with van der Waals surface area (Å²) in [7, 11) is 0. The first-order valence-corrected chi connectivity index (χ1v) is 6.99. The lowest BCUT2D eigenvalue weighted by Crippen LogP contribution is -2.37. The minimum atomic E-state index is -0.535. The fourth-order valence-electron chi connectivity index (χ4n) is 1.54. The van der Waals surface area contributed by atoms with Gasteiger partial charge in [0, 0.05) is 25.2 Å². The molecule has 8 nitrogen and oxygen atoms in total. The quantitative estimate of drug-likeness (QED) is 0.251. The molecule has 0 aliphatic rings. The van der Waals surface area contributed by atoms with E-state index >= 15 is 0 Å². The van der Waals surface area contributed by atoms with Gasteiger partial charge in [-0.25, -0.2) is 4.79 Å². The van der Waals surface area contributed by atoms with Gasteiger partial charge in [0.15, 0.2) is 0 Å². The van der Waals surface area contributed by atoms with Crippen molar-refractivity contribution in [2.75, 3.05) is 13.1 Å². The third-order valence-corrected chi connectivity index (χ3v) is 2.71. The second-order valence-corrected chi connectivity index (χ2v) is 4.51. The number of nitrogens with one attached hydrogen (secondary N) is 2. The van der Waals surface area contributed by atoms with Crippen LogP contribution in [0, 0.1) is 10.1 Å². The molecule has 1 aromatic rings. The van der Waals surface area contributed by atoms with Crippen LogP contribution in [0.15, 0.2) is 24.3 Å². The number of non-ortho nitro benzene ring substituents is 1. The van der Waals surface area contributed by atoms with Gasteiger partial charge in [0.25, 0.3) is 5.69 Å². The van der Waals surface area contributed by atoms with Crippen LogP contribution < -0.4 is 15.4 Å². The first-order valence-electron chi connectivity index (χ1n) is 6.99. The van der Waals surface area contributed by atoms with Crippen LogP contribution >= 0.6 is 0 Å². The Kier molecular flexibility index (Phi) is 7.38. The average Bonchev–Trinajstić information content (AvgIpc) is 2.48. The van der Waals surface area contributed by atoms with Gasteiger partial charge in [-0.3, -0.25) is 14.9 Å². The molecule has 22 heavy (non-hydrogen) atoms. The predicted molar refractivity (Wildman–Crippen MR) is 79.7 cm³/mol. The molecule has 0 aliphatic heterocycles. The van der Waals surface area contributed by atoms with Gasteiger partial charge in [-0.2, -0.15) is 0 Å². The van der Waals surface area contributed by atoms with Crippen LogP contribution in [0.2, 0.25) is 0 Å². The van der Waals surface area contributed by atoms with E-state index in [0.717, 1.165) is 12.8 Å². The summed E-state index contributed by atoms with van der Waals surface area (Å²) in [5.41, 5.74) is -0.0785. The predicted octanol–water partition coefficient (Wildman–Crippen LogP) is 1.99. The highest BCUT2D eigenvalue weighted by atomic mass is 16.6. The maximum atomic E-state index is 11.5. The molecule has 1 rings (SSSR count). The Balaban J connectivity index is 2.25. The lowest BCUT2D eigenvalue weighted by atomic mass is 10.3. The van der Waals surface area contributed by atoms with E-state index in [2.05, 4.69) is 10.6 Å². The van der Waals surface area contributed by atoms with Crippen LogP contribution in [0.1, 0.15) is 26.2 Å². The van der Waals surface area contributed by atoms with Crippen LogP contribution in [0.5, 0.6) is 5.75 Å². The Hall–Kier alpha value is -2.64. The molecule has 0 radical (unpaired) electrons. The maximum Gasteiger partial charge on any atom is 0.314 e. The zero-order valence-corrected chi connectivity index (χ0v) is 12.3. The summed E-state index contributed by atoms with van der Waals surface area (Å²) in [5, 5.41) is 15.7. The molecule has 0 fully saturated rings. The zero-order chi connectivity index (χ0) is 16.4. The van der Waals surface area contributed by atoms with Crippen molar-refractivity contribution in [2.24, 2.45) is 0 Å². The molecule has 0 aromatic heterocycles. The van der Waals surface area contributed by atoms with Gasteiger partial charge in [-0.15, -0.1) is 0 Å². The second kappa shape index (κ2) is 9.32. The van der Waals surface area contributed by atoms with Crippen molar-refractivity contribution < 1.29 is 19.2 Å². The molecular formula is C14H19N3O5. The Morgan fingerprint density at radius 2 is 1.82 bits per heavy atom. The van der Waals surface area contributed by atoms with E-state index in [9.17, 15) is 19.7 Å². The molecule has 2 amide bonds. The lowest BCUT2D eigenvalue weighted by Gasteiger charge is -2.07. The normalized spacial score (nSPS) is 9.86. The first kappa shape index (κ1) is 17.4. The van der Waals surface area contributed by atoms with Gasteiger partial charge < -0.3 is 15.4 Å². The average molecular weight is 309 g/mol. The number of carbonyl (C=O) groups excluding carboxylic acids is 2. The zero-order valence-electron chi connectivity index (χ0n) is 12.3. The number of benzene rings is 1. The van der Waals surface area contributed by atoms with Gasteiger partial charge in [-0.1, -0.05) is 13.3 Å². The van der Waals surface area contributed by atoms with Crippen molar-refractivity contribution in [1.29, 1.82) is 0 Å². The Bertz CT molecular complexity index is 516. The van der Waals surface area contributed by atoms with Gasteiger partial charge in [0.2, 0.25) is 0 Å². The third kappa shape index (κ3) is 6.69. The minimum absolute atomic E-state index is 0.0121. The molecule has 0 saturated heterocycles. The number of carbonyl (C=O) groups is 2. The summed E-state index contributed by atoms with van der Waals surface area (Å²) in [6.07, 6.45) is 1.90. The van der Waals surface area contributed by atoms with E-state index in [1.165, 1.54) is 24.3 Å². The number of nitro benzene ring substituents is 1. The summed E-state index contributed by atoms with van der Waals surface area (Å²) in [5.74, 6) is -0.300. The van der Waals surface area contributed by atoms with Gasteiger partial charge in [0.05, 0.1) is 11.3 Å². The Labute approximate surface area is 128 Å². The standard InChI is InChI=1S/C14H19N3O5/c1-2-3-9-15-14(19)16-10-8-13(18)22-12-6-4-11(5-7-12)17(20)21/h4-7H,2-3,8-10H2,1H3,(H2,15,16,19). The van der Waals surface area contributed by atoms with Crippen LogP contribution in [0.25, 0.3) is 0 Å². The molecule has 0 bridgehead atoms. The number of ether oxygens (including phenoxy) is 1. The van der Waals surface area contributed by atoms with E-state index < -0.39 is 10.9 Å².